The lowest BCUT2D eigenvalue weighted by Gasteiger charge is -2.08. The third-order valence-electron chi connectivity index (χ3n) is 3.59. The summed E-state index contributed by atoms with van der Waals surface area (Å²) in [5, 5.41) is 0. The van der Waals surface area contributed by atoms with E-state index in [1.807, 2.05) is 12.1 Å². The van der Waals surface area contributed by atoms with Crippen molar-refractivity contribution in [3.05, 3.63) is 59.7 Å². The normalized spacial score (nSPS) is 10.3. The summed E-state index contributed by atoms with van der Waals surface area (Å²) in [6.07, 6.45) is 4.85. The van der Waals surface area contributed by atoms with Crippen LogP contribution >= 0.6 is 0 Å². The number of unbranched alkanes of at least 4 members (excludes halogenated alkanes) is 2. The topological polar surface area (TPSA) is 35.5 Å². The average Bonchev–Trinajstić information content (AvgIpc) is 2.57. The number of esters is 1. The highest BCUT2D eigenvalue weighted by atomic mass is 16.5. The van der Waals surface area contributed by atoms with E-state index in [9.17, 15) is 4.79 Å². The summed E-state index contributed by atoms with van der Waals surface area (Å²) in [5.74, 6) is 1.19. The Morgan fingerprint density at radius 3 is 2.04 bits per heavy atom. The van der Waals surface area contributed by atoms with Crippen LogP contribution in [0.5, 0.6) is 11.5 Å². The quantitative estimate of drug-likeness (QED) is 0.484. The molecular weight excluding hydrogens is 288 g/mol. The Labute approximate surface area is 138 Å². The van der Waals surface area contributed by atoms with Crippen molar-refractivity contribution in [3.8, 4) is 11.5 Å². The molecule has 0 atom stereocenters. The first-order valence-corrected chi connectivity index (χ1v) is 8.27. The van der Waals surface area contributed by atoms with Crippen molar-refractivity contribution in [2.75, 3.05) is 6.61 Å². The third kappa shape index (κ3) is 5.44. The number of hydrogen-bond donors (Lipinski definition) is 0. The molecule has 0 unspecified atom stereocenters. The monoisotopic (exact) mass is 312 g/mol. The van der Waals surface area contributed by atoms with Crippen LogP contribution in [0.25, 0.3) is 0 Å². The zero-order chi connectivity index (χ0) is 16.5. The van der Waals surface area contributed by atoms with Crippen LogP contribution in [0.15, 0.2) is 48.5 Å². The molecule has 0 N–H and O–H groups in total. The van der Waals surface area contributed by atoms with Gasteiger partial charge in [-0.2, -0.15) is 0 Å². The maximum atomic E-state index is 11.6. The summed E-state index contributed by atoms with van der Waals surface area (Å²) < 4.78 is 10.8. The summed E-state index contributed by atoms with van der Waals surface area (Å²) >= 11 is 0. The van der Waals surface area contributed by atoms with E-state index in [0.717, 1.165) is 12.2 Å². The van der Waals surface area contributed by atoms with Crippen LogP contribution in [0, 0.1) is 0 Å². The number of carbonyl (C=O) groups excluding carboxylic acids is 1. The molecule has 0 aromatic heterocycles. The standard InChI is InChI=1S/C20H24O3/c1-3-5-6-7-16-8-12-18(13-9-16)23-19-14-10-17(11-15-19)20(21)22-4-2/h8-15H,3-7H2,1-2H3. The van der Waals surface area contributed by atoms with Gasteiger partial charge in [-0.3, -0.25) is 0 Å². The predicted octanol–water partition coefficient (Wildman–Crippen LogP) is 5.39. The minimum atomic E-state index is -0.310. The summed E-state index contributed by atoms with van der Waals surface area (Å²) in [4.78, 5) is 11.6. The average molecular weight is 312 g/mol. The number of aryl methyl sites for hydroxylation is 1. The van der Waals surface area contributed by atoms with E-state index in [1.54, 1.807) is 31.2 Å². The molecule has 0 heterocycles. The smallest absolute Gasteiger partial charge is 0.338 e. The highest BCUT2D eigenvalue weighted by molar-refractivity contribution is 5.89. The van der Waals surface area contributed by atoms with E-state index >= 15 is 0 Å². The van der Waals surface area contributed by atoms with Crippen LogP contribution in [-0.4, -0.2) is 12.6 Å². The van der Waals surface area contributed by atoms with Gasteiger partial charge in [0.25, 0.3) is 0 Å². The number of benzene rings is 2. The first-order valence-electron chi connectivity index (χ1n) is 8.27. The molecule has 0 amide bonds. The molecule has 2 rings (SSSR count). The van der Waals surface area contributed by atoms with Crippen LogP contribution in [0.2, 0.25) is 0 Å². The lowest BCUT2D eigenvalue weighted by Crippen LogP contribution is -2.03. The van der Waals surface area contributed by atoms with Crippen molar-refractivity contribution < 1.29 is 14.3 Å². The van der Waals surface area contributed by atoms with Gasteiger partial charge in [-0.1, -0.05) is 31.9 Å². The van der Waals surface area contributed by atoms with Crippen LogP contribution in [-0.2, 0) is 11.2 Å². The predicted molar refractivity (Wildman–Crippen MR) is 92.1 cm³/mol. The molecule has 0 aliphatic rings. The van der Waals surface area contributed by atoms with E-state index in [0.29, 0.717) is 17.9 Å². The molecule has 0 saturated heterocycles. The maximum absolute atomic E-state index is 11.6. The zero-order valence-electron chi connectivity index (χ0n) is 13.9. The van der Waals surface area contributed by atoms with Gasteiger partial charge in [0.15, 0.2) is 0 Å². The lowest BCUT2D eigenvalue weighted by molar-refractivity contribution is 0.0526. The van der Waals surface area contributed by atoms with Crippen molar-refractivity contribution >= 4 is 5.97 Å². The SMILES string of the molecule is CCCCCc1ccc(Oc2ccc(C(=O)OCC)cc2)cc1. The second-order valence-corrected chi connectivity index (χ2v) is 5.45. The fourth-order valence-corrected chi connectivity index (χ4v) is 2.31. The Kier molecular flexibility index (Phi) is 6.67. The van der Waals surface area contributed by atoms with Crippen LogP contribution < -0.4 is 4.74 Å². The van der Waals surface area contributed by atoms with Crippen molar-refractivity contribution in [2.24, 2.45) is 0 Å². The van der Waals surface area contributed by atoms with E-state index in [4.69, 9.17) is 9.47 Å². The van der Waals surface area contributed by atoms with Crippen molar-refractivity contribution in [1.29, 1.82) is 0 Å². The Morgan fingerprint density at radius 1 is 0.870 bits per heavy atom. The molecule has 2 aromatic carbocycles. The van der Waals surface area contributed by atoms with Gasteiger partial charge >= 0.3 is 5.97 Å². The van der Waals surface area contributed by atoms with Gasteiger partial charge in [-0.05, 0) is 61.7 Å². The Balaban J connectivity index is 1.92. The Morgan fingerprint density at radius 2 is 1.48 bits per heavy atom. The molecule has 0 bridgehead atoms. The molecule has 0 radical (unpaired) electrons. The van der Waals surface area contributed by atoms with Gasteiger partial charge in [-0.15, -0.1) is 0 Å². The Hall–Kier alpha value is -2.29. The minimum Gasteiger partial charge on any atom is -0.462 e. The summed E-state index contributed by atoms with van der Waals surface area (Å²) in [5.41, 5.74) is 1.87. The largest absolute Gasteiger partial charge is 0.462 e. The van der Waals surface area contributed by atoms with E-state index in [-0.39, 0.29) is 5.97 Å². The summed E-state index contributed by atoms with van der Waals surface area (Å²) in [6.45, 7) is 4.38. The molecule has 3 nitrogen and oxygen atoms in total. The van der Waals surface area contributed by atoms with Crippen molar-refractivity contribution in [1.82, 2.24) is 0 Å². The molecule has 23 heavy (non-hydrogen) atoms. The van der Waals surface area contributed by atoms with Crippen LogP contribution in [0.1, 0.15) is 49.0 Å². The second-order valence-electron chi connectivity index (χ2n) is 5.45. The van der Waals surface area contributed by atoms with Crippen LogP contribution in [0.3, 0.4) is 0 Å². The number of rotatable bonds is 8. The molecule has 0 aliphatic heterocycles. The highest BCUT2D eigenvalue weighted by Crippen LogP contribution is 2.22. The fourth-order valence-electron chi connectivity index (χ4n) is 2.31. The first kappa shape index (κ1) is 17.1. The van der Waals surface area contributed by atoms with Gasteiger partial charge in [0.05, 0.1) is 12.2 Å². The van der Waals surface area contributed by atoms with Gasteiger partial charge in [-0.25, -0.2) is 4.79 Å². The highest BCUT2D eigenvalue weighted by Gasteiger charge is 2.06. The molecule has 0 aliphatic carbocycles. The van der Waals surface area contributed by atoms with Crippen molar-refractivity contribution in [2.45, 2.75) is 39.5 Å². The van der Waals surface area contributed by atoms with Gasteiger partial charge in [0, 0.05) is 0 Å². The molecule has 122 valence electrons. The minimum absolute atomic E-state index is 0.310. The molecule has 0 fully saturated rings. The van der Waals surface area contributed by atoms with Gasteiger partial charge < -0.3 is 9.47 Å². The van der Waals surface area contributed by atoms with E-state index in [2.05, 4.69) is 19.1 Å². The van der Waals surface area contributed by atoms with Crippen LogP contribution in [0.4, 0.5) is 0 Å². The number of carbonyl (C=O) groups is 1. The molecule has 0 saturated carbocycles. The van der Waals surface area contributed by atoms with E-state index < -0.39 is 0 Å². The van der Waals surface area contributed by atoms with Crippen molar-refractivity contribution in [3.63, 3.8) is 0 Å². The third-order valence-corrected chi connectivity index (χ3v) is 3.59. The zero-order valence-corrected chi connectivity index (χ0v) is 13.9. The Bertz CT molecular complexity index is 600. The molecule has 2 aromatic rings. The van der Waals surface area contributed by atoms with E-state index in [1.165, 1.54) is 24.8 Å². The van der Waals surface area contributed by atoms with Gasteiger partial charge in [0.2, 0.25) is 0 Å². The fraction of sp³-hybridized carbons (Fsp3) is 0.350. The lowest BCUT2D eigenvalue weighted by atomic mass is 10.1. The first-order chi connectivity index (χ1) is 11.2. The number of hydrogen-bond acceptors (Lipinski definition) is 3. The summed E-state index contributed by atoms with van der Waals surface area (Å²) in [7, 11) is 0. The summed E-state index contributed by atoms with van der Waals surface area (Å²) in [6, 6.07) is 15.2. The van der Waals surface area contributed by atoms with Gasteiger partial charge in [0.1, 0.15) is 11.5 Å². The number of ether oxygens (including phenoxy) is 2. The maximum Gasteiger partial charge on any atom is 0.338 e. The second kappa shape index (κ2) is 8.99. The molecule has 3 heteroatoms. The molecular formula is C20H24O3. The molecule has 0 spiro atoms.